The van der Waals surface area contributed by atoms with Crippen LogP contribution in [-0.2, 0) is 35.6 Å². The van der Waals surface area contributed by atoms with Gasteiger partial charge in [-0.25, -0.2) is 14.1 Å². The second-order valence-corrected chi connectivity index (χ2v) is 8.10. The standard InChI is InChI=1S/C17H23N5O2S/c1-20-10-13(9-18)25(19,24)22-17(23)21-16-14-6-2-4-11(14)8-12-5-3-7-15(12)16/h8-10,18,20H,2-7H2,1H3,(H3,19,21,22,23,24)/b13-10+,18-9?. The Kier molecular flexibility index (Phi) is 4.91. The summed E-state index contributed by atoms with van der Waals surface area (Å²) in [5.74, 6) is 0. The number of nitrogens with zero attached hydrogens (tertiary/aromatic N) is 1. The average Bonchev–Trinajstić information content (AvgIpc) is 3.20. The lowest BCUT2D eigenvalue weighted by Crippen LogP contribution is -2.21. The Morgan fingerprint density at radius 2 is 1.84 bits per heavy atom. The Hall–Kier alpha value is -2.19. The minimum absolute atomic E-state index is 0.0336. The largest absolute Gasteiger partial charge is 0.393 e. The van der Waals surface area contributed by atoms with E-state index >= 15 is 0 Å². The number of fused-ring (bicyclic) bond motifs is 2. The summed E-state index contributed by atoms with van der Waals surface area (Å²) >= 11 is 0. The maximum atomic E-state index is 12.5. The Labute approximate surface area is 147 Å². The van der Waals surface area contributed by atoms with Gasteiger partial charge in [0.05, 0.1) is 4.91 Å². The quantitative estimate of drug-likeness (QED) is 0.615. The molecule has 0 fully saturated rings. The third-order valence-corrected chi connectivity index (χ3v) is 6.04. The topological polar surface area (TPSA) is 120 Å². The first-order chi connectivity index (χ1) is 12.0. The van der Waals surface area contributed by atoms with Crippen LogP contribution in [0.5, 0.6) is 0 Å². The van der Waals surface area contributed by atoms with Crippen molar-refractivity contribution in [1.82, 2.24) is 5.32 Å². The van der Waals surface area contributed by atoms with E-state index in [-0.39, 0.29) is 4.91 Å². The van der Waals surface area contributed by atoms with Gasteiger partial charge >= 0.3 is 6.03 Å². The maximum absolute atomic E-state index is 12.5. The van der Waals surface area contributed by atoms with Gasteiger partial charge in [-0.3, -0.25) is 0 Å². The van der Waals surface area contributed by atoms with E-state index < -0.39 is 15.9 Å². The molecule has 5 N–H and O–H groups in total. The molecule has 1 atom stereocenters. The molecular weight excluding hydrogens is 338 g/mol. The van der Waals surface area contributed by atoms with Crippen LogP contribution in [0, 0.1) is 5.41 Å². The van der Waals surface area contributed by atoms with Crippen molar-refractivity contribution in [2.24, 2.45) is 9.50 Å². The van der Waals surface area contributed by atoms with Crippen molar-refractivity contribution in [2.45, 2.75) is 38.5 Å². The number of carbonyl (C=O) groups is 1. The molecule has 0 heterocycles. The normalized spacial score (nSPS) is 18.1. The molecule has 134 valence electrons. The van der Waals surface area contributed by atoms with E-state index in [1.165, 1.54) is 28.5 Å². The number of nitrogens with one attached hydrogen (secondary N) is 3. The van der Waals surface area contributed by atoms with Gasteiger partial charge < -0.3 is 16.0 Å². The molecule has 2 amide bonds. The molecule has 2 aliphatic carbocycles. The van der Waals surface area contributed by atoms with Gasteiger partial charge in [-0.05, 0) is 60.8 Å². The van der Waals surface area contributed by atoms with Crippen LogP contribution < -0.4 is 15.8 Å². The highest BCUT2D eigenvalue weighted by molar-refractivity contribution is 7.96. The molecule has 0 bridgehead atoms. The molecular formula is C17H23N5O2S. The number of nitrogens with two attached hydrogens (primary N) is 1. The lowest BCUT2D eigenvalue weighted by Gasteiger charge is -2.15. The monoisotopic (exact) mass is 361 g/mol. The second kappa shape index (κ2) is 6.97. The average molecular weight is 361 g/mol. The lowest BCUT2D eigenvalue weighted by atomic mass is 9.99. The number of anilines is 1. The van der Waals surface area contributed by atoms with Crippen LogP contribution in [0.1, 0.15) is 35.1 Å². The fourth-order valence-corrected chi connectivity index (χ4v) is 4.48. The van der Waals surface area contributed by atoms with Crippen molar-refractivity contribution in [3.63, 3.8) is 0 Å². The Morgan fingerprint density at radius 1 is 1.24 bits per heavy atom. The Morgan fingerprint density at radius 3 is 2.36 bits per heavy atom. The van der Waals surface area contributed by atoms with Gasteiger partial charge in [-0.1, -0.05) is 6.07 Å². The van der Waals surface area contributed by atoms with Crippen LogP contribution in [0.3, 0.4) is 0 Å². The zero-order valence-electron chi connectivity index (χ0n) is 14.2. The van der Waals surface area contributed by atoms with Crippen molar-refractivity contribution in [3.05, 3.63) is 39.4 Å². The summed E-state index contributed by atoms with van der Waals surface area (Å²) in [6, 6.07) is 1.54. The molecule has 7 nitrogen and oxygen atoms in total. The molecule has 0 spiro atoms. The number of hydrogen-bond acceptors (Lipinski definition) is 4. The Balaban J connectivity index is 1.95. The number of amides is 2. The summed E-state index contributed by atoms with van der Waals surface area (Å²) in [6.07, 6.45) is 8.22. The van der Waals surface area contributed by atoms with Gasteiger partial charge in [0.2, 0.25) is 0 Å². The van der Waals surface area contributed by atoms with Crippen LogP contribution >= 0.6 is 0 Å². The third-order valence-electron chi connectivity index (χ3n) is 4.69. The lowest BCUT2D eigenvalue weighted by molar-refractivity contribution is 0.260. The Bertz CT molecular complexity index is 849. The number of rotatable bonds is 4. The van der Waals surface area contributed by atoms with E-state index in [1.54, 1.807) is 7.05 Å². The molecule has 2 aliphatic rings. The van der Waals surface area contributed by atoms with Crippen molar-refractivity contribution in [1.29, 1.82) is 5.41 Å². The minimum atomic E-state index is -3.46. The molecule has 0 saturated heterocycles. The number of aryl methyl sites for hydroxylation is 2. The molecule has 0 saturated carbocycles. The zero-order chi connectivity index (χ0) is 18.0. The molecule has 1 aromatic carbocycles. The zero-order valence-corrected chi connectivity index (χ0v) is 15.0. The fourth-order valence-electron chi connectivity index (χ4n) is 3.63. The van der Waals surface area contributed by atoms with Crippen LogP contribution in [-0.4, -0.2) is 23.5 Å². The van der Waals surface area contributed by atoms with Gasteiger partial charge in [-0.15, -0.1) is 4.36 Å². The first kappa shape index (κ1) is 17.6. The molecule has 1 aromatic rings. The molecule has 1 unspecified atom stereocenters. The van der Waals surface area contributed by atoms with Crippen LogP contribution in [0.4, 0.5) is 10.5 Å². The number of urea groups is 1. The van der Waals surface area contributed by atoms with Gasteiger partial charge in [0.1, 0.15) is 9.92 Å². The van der Waals surface area contributed by atoms with Gasteiger partial charge in [-0.2, -0.15) is 0 Å². The predicted molar refractivity (Wildman–Crippen MR) is 100 cm³/mol. The van der Waals surface area contributed by atoms with Crippen LogP contribution in [0.15, 0.2) is 21.5 Å². The first-order valence-corrected chi connectivity index (χ1v) is 9.94. The van der Waals surface area contributed by atoms with Gasteiger partial charge in [0.15, 0.2) is 0 Å². The van der Waals surface area contributed by atoms with E-state index in [9.17, 15) is 9.00 Å². The summed E-state index contributed by atoms with van der Waals surface area (Å²) in [4.78, 5) is 12.4. The molecule has 0 radical (unpaired) electrons. The number of carbonyl (C=O) groups excluding carboxylic acids is 1. The van der Waals surface area contributed by atoms with Crippen molar-refractivity contribution >= 4 is 27.8 Å². The SMILES string of the molecule is CN/C=C(\C=N)S(N)(=O)=NC(=O)Nc1c2c(cc3c1CCC3)CCC2. The van der Waals surface area contributed by atoms with Crippen molar-refractivity contribution < 1.29 is 9.00 Å². The maximum Gasteiger partial charge on any atom is 0.354 e. The fraction of sp³-hybridized carbons (Fsp3) is 0.412. The van der Waals surface area contributed by atoms with Gasteiger partial charge in [0.25, 0.3) is 0 Å². The van der Waals surface area contributed by atoms with Gasteiger partial charge in [0, 0.05) is 25.1 Å². The molecule has 3 rings (SSSR count). The van der Waals surface area contributed by atoms with E-state index in [4.69, 9.17) is 10.5 Å². The highest BCUT2D eigenvalue weighted by atomic mass is 32.2. The van der Waals surface area contributed by atoms with Crippen LogP contribution in [0.2, 0.25) is 0 Å². The summed E-state index contributed by atoms with van der Waals surface area (Å²) in [7, 11) is -1.87. The summed E-state index contributed by atoms with van der Waals surface area (Å²) in [5.41, 5.74) is 5.76. The van der Waals surface area contributed by atoms with E-state index in [1.807, 2.05) is 0 Å². The van der Waals surface area contributed by atoms with E-state index in [2.05, 4.69) is 21.1 Å². The summed E-state index contributed by atoms with van der Waals surface area (Å²) in [6.45, 7) is 0. The smallest absolute Gasteiger partial charge is 0.354 e. The number of benzene rings is 1. The molecule has 0 aromatic heterocycles. The third kappa shape index (κ3) is 3.45. The summed E-state index contributed by atoms with van der Waals surface area (Å²) < 4.78 is 16.1. The summed E-state index contributed by atoms with van der Waals surface area (Å²) in [5, 5.41) is 18.5. The van der Waals surface area contributed by atoms with Crippen molar-refractivity contribution in [3.8, 4) is 0 Å². The molecule has 0 aliphatic heterocycles. The highest BCUT2D eigenvalue weighted by Gasteiger charge is 2.25. The van der Waals surface area contributed by atoms with Crippen LogP contribution in [0.25, 0.3) is 0 Å². The second-order valence-electron chi connectivity index (χ2n) is 6.30. The number of allylic oxidation sites excluding steroid dienone is 1. The van der Waals surface area contributed by atoms with E-state index in [0.29, 0.717) is 0 Å². The van der Waals surface area contributed by atoms with Crippen molar-refractivity contribution in [2.75, 3.05) is 12.4 Å². The minimum Gasteiger partial charge on any atom is -0.393 e. The molecule has 8 heteroatoms. The van der Waals surface area contributed by atoms with E-state index in [0.717, 1.165) is 50.4 Å². The number of hydrogen-bond donors (Lipinski definition) is 4. The first-order valence-electron chi connectivity index (χ1n) is 8.36. The molecule has 25 heavy (non-hydrogen) atoms. The predicted octanol–water partition coefficient (Wildman–Crippen LogP) is 2.25. The highest BCUT2D eigenvalue weighted by Crippen LogP contribution is 2.38.